The second kappa shape index (κ2) is 6.49. The van der Waals surface area contributed by atoms with Crippen molar-refractivity contribution in [2.75, 3.05) is 20.1 Å². The van der Waals surface area contributed by atoms with Crippen LogP contribution in [0.25, 0.3) is 0 Å². The quantitative estimate of drug-likeness (QED) is 0.733. The molecule has 2 atom stereocenters. The molecule has 0 spiro atoms. The molecule has 1 aliphatic rings. The van der Waals surface area contributed by atoms with Crippen LogP contribution in [0.5, 0.6) is 0 Å². The SMILES string of the molecule is CC(C)CCN(C)CCC1CCCC1N. The molecule has 1 saturated carbocycles. The highest BCUT2D eigenvalue weighted by atomic mass is 15.1. The lowest BCUT2D eigenvalue weighted by Crippen LogP contribution is -2.29. The van der Waals surface area contributed by atoms with Crippen LogP contribution in [0.1, 0.15) is 46.0 Å². The average molecular weight is 212 g/mol. The summed E-state index contributed by atoms with van der Waals surface area (Å²) in [6.45, 7) is 7.05. The predicted molar refractivity (Wildman–Crippen MR) is 66.9 cm³/mol. The zero-order valence-corrected chi connectivity index (χ0v) is 10.7. The van der Waals surface area contributed by atoms with Crippen molar-refractivity contribution in [3.8, 4) is 0 Å². The van der Waals surface area contributed by atoms with Gasteiger partial charge in [0.2, 0.25) is 0 Å². The Balaban J connectivity index is 2.08. The summed E-state index contributed by atoms with van der Waals surface area (Å²) in [5.41, 5.74) is 6.07. The molecule has 0 amide bonds. The van der Waals surface area contributed by atoms with Crippen LogP contribution >= 0.6 is 0 Å². The second-order valence-electron chi connectivity index (χ2n) is 5.63. The van der Waals surface area contributed by atoms with Crippen molar-refractivity contribution in [2.45, 2.75) is 52.0 Å². The van der Waals surface area contributed by atoms with E-state index in [0.717, 1.165) is 11.8 Å². The Labute approximate surface area is 95.2 Å². The average Bonchev–Trinajstić information content (AvgIpc) is 2.58. The summed E-state index contributed by atoms with van der Waals surface area (Å²) in [5, 5.41) is 0. The van der Waals surface area contributed by atoms with Crippen LogP contribution in [0, 0.1) is 11.8 Å². The minimum Gasteiger partial charge on any atom is -0.327 e. The van der Waals surface area contributed by atoms with E-state index in [9.17, 15) is 0 Å². The first-order chi connectivity index (χ1) is 7.09. The van der Waals surface area contributed by atoms with Gasteiger partial charge in [0.25, 0.3) is 0 Å². The largest absolute Gasteiger partial charge is 0.327 e. The van der Waals surface area contributed by atoms with Gasteiger partial charge in [-0.2, -0.15) is 0 Å². The van der Waals surface area contributed by atoms with Crippen LogP contribution in [0.15, 0.2) is 0 Å². The standard InChI is InChI=1S/C13H28N2/c1-11(2)7-9-15(3)10-8-12-5-4-6-13(12)14/h11-13H,4-10,14H2,1-3H3. The number of nitrogens with zero attached hydrogens (tertiary/aromatic N) is 1. The Hall–Kier alpha value is -0.0800. The van der Waals surface area contributed by atoms with E-state index < -0.39 is 0 Å². The lowest BCUT2D eigenvalue weighted by atomic mass is 10.00. The van der Waals surface area contributed by atoms with Gasteiger partial charge in [0.15, 0.2) is 0 Å². The number of rotatable bonds is 6. The Kier molecular flexibility index (Phi) is 5.62. The van der Waals surface area contributed by atoms with Crippen molar-refractivity contribution in [2.24, 2.45) is 17.6 Å². The second-order valence-corrected chi connectivity index (χ2v) is 5.63. The van der Waals surface area contributed by atoms with Gasteiger partial charge in [0.1, 0.15) is 0 Å². The molecule has 0 aliphatic heterocycles. The molecule has 15 heavy (non-hydrogen) atoms. The molecule has 2 nitrogen and oxygen atoms in total. The summed E-state index contributed by atoms with van der Waals surface area (Å²) in [6, 6.07) is 0.489. The zero-order valence-electron chi connectivity index (χ0n) is 10.7. The van der Waals surface area contributed by atoms with E-state index in [2.05, 4.69) is 25.8 Å². The number of hydrogen-bond acceptors (Lipinski definition) is 2. The maximum absolute atomic E-state index is 6.07. The Morgan fingerprint density at radius 1 is 1.27 bits per heavy atom. The zero-order chi connectivity index (χ0) is 11.3. The monoisotopic (exact) mass is 212 g/mol. The molecular formula is C13H28N2. The highest BCUT2D eigenvalue weighted by molar-refractivity contribution is 4.80. The molecule has 1 fully saturated rings. The van der Waals surface area contributed by atoms with Gasteiger partial charge >= 0.3 is 0 Å². The third-order valence-electron chi connectivity index (χ3n) is 3.69. The lowest BCUT2D eigenvalue weighted by Gasteiger charge is -2.21. The fourth-order valence-electron chi connectivity index (χ4n) is 2.40. The molecule has 90 valence electrons. The van der Waals surface area contributed by atoms with Crippen LogP contribution in [0.2, 0.25) is 0 Å². The summed E-state index contributed by atoms with van der Waals surface area (Å²) >= 11 is 0. The van der Waals surface area contributed by atoms with Crippen molar-refractivity contribution >= 4 is 0 Å². The smallest absolute Gasteiger partial charge is 0.00676 e. The summed E-state index contributed by atoms with van der Waals surface area (Å²) in [5.74, 6) is 1.62. The van der Waals surface area contributed by atoms with Crippen LogP contribution in [-0.4, -0.2) is 31.1 Å². The van der Waals surface area contributed by atoms with Gasteiger partial charge in [-0.15, -0.1) is 0 Å². The van der Waals surface area contributed by atoms with Crippen molar-refractivity contribution in [3.63, 3.8) is 0 Å². The van der Waals surface area contributed by atoms with Crippen LogP contribution in [0.3, 0.4) is 0 Å². The van der Waals surface area contributed by atoms with Crippen LogP contribution < -0.4 is 5.73 Å². The summed E-state index contributed by atoms with van der Waals surface area (Å²) in [6.07, 6.45) is 6.57. The van der Waals surface area contributed by atoms with Gasteiger partial charge in [-0.05, 0) is 57.7 Å². The molecule has 0 heterocycles. The molecule has 1 rings (SSSR count). The molecule has 0 aromatic carbocycles. The van der Waals surface area contributed by atoms with Crippen LogP contribution in [0.4, 0.5) is 0 Å². The molecule has 1 aliphatic carbocycles. The van der Waals surface area contributed by atoms with Gasteiger partial charge in [0, 0.05) is 6.04 Å². The minimum atomic E-state index is 0.489. The Morgan fingerprint density at radius 3 is 2.53 bits per heavy atom. The van der Waals surface area contributed by atoms with Gasteiger partial charge in [-0.25, -0.2) is 0 Å². The number of hydrogen-bond donors (Lipinski definition) is 1. The van der Waals surface area contributed by atoms with E-state index in [1.807, 2.05) is 0 Å². The van der Waals surface area contributed by atoms with Crippen molar-refractivity contribution < 1.29 is 0 Å². The molecular weight excluding hydrogens is 184 g/mol. The Morgan fingerprint density at radius 2 is 2.00 bits per heavy atom. The highest BCUT2D eigenvalue weighted by Gasteiger charge is 2.23. The topological polar surface area (TPSA) is 29.3 Å². The molecule has 2 heteroatoms. The molecule has 0 aromatic rings. The number of nitrogens with two attached hydrogens (primary N) is 1. The van der Waals surface area contributed by atoms with E-state index in [1.54, 1.807) is 0 Å². The molecule has 2 N–H and O–H groups in total. The predicted octanol–water partition coefficient (Wildman–Crippen LogP) is 2.48. The normalized spacial score (nSPS) is 26.8. The molecule has 0 aromatic heterocycles. The highest BCUT2D eigenvalue weighted by Crippen LogP contribution is 2.26. The molecule has 0 radical (unpaired) electrons. The molecule has 2 unspecified atom stereocenters. The van der Waals surface area contributed by atoms with E-state index in [-0.39, 0.29) is 0 Å². The fourth-order valence-corrected chi connectivity index (χ4v) is 2.40. The maximum atomic E-state index is 6.07. The van der Waals surface area contributed by atoms with E-state index in [4.69, 9.17) is 5.73 Å². The minimum absolute atomic E-state index is 0.489. The summed E-state index contributed by atoms with van der Waals surface area (Å²) in [7, 11) is 2.24. The van der Waals surface area contributed by atoms with Crippen LogP contribution in [-0.2, 0) is 0 Å². The van der Waals surface area contributed by atoms with E-state index in [1.165, 1.54) is 45.2 Å². The molecule has 0 bridgehead atoms. The Bertz CT molecular complexity index is 168. The molecule has 0 saturated heterocycles. The third kappa shape index (κ3) is 4.98. The summed E-state index contributed by atoms with van der Waals surface area (Å²) in [4.78, 5) is 2.46. The first kappa shape index (κ1) is 13.0. The lowest BCUT2D eigenvalue weighted by molar-refractivity contribution is 0.277. The van der Waals surface area contributed by atoms with Crippen molar-refractivity contribution in [1.29, 1.82) is 0 Å². The van der Waals surface area contributed by atoms with Crippen molar-refractivity contribution in [3.05, 3.63) is 0 Å². The first-order valence-corrected chi connectivity index (χ1v) is 6.53. The van der Waals surface area contributed by atoms with Gasteiger partial charge < -0.3 is 10.6 Å². The van der Waals surface area contributed by atoms with Crippen molar-refractivity contribution in [1.82, 2.24) is 4.90 Å². The van der Waals surface area contributed by atoms with Gasteiger partial charge in [-0.3, -0.25) is 0 Å². The van der Waals surface area contributed by atoms with Gasteiger partial charge in [-0.1, -0.05) is 20.3 Å². The summed E-state index contributed by atoms with van der Waals surface area (Å²) < 4.78 is 0. The third-order valence-corrected chi connectivity index (χ3v) is 3.69. The maximum Gasteiger partial charge on any atom is 0.00676 e. The first-order valence-electron chi connectivity index (χ1n) is 6.53. The van der Waals surface area contributed by atoms with Gasteiger partial charge in [0.05, 0.1) is 0 Å². The van der Waals surface area contributed by atoms with E-state index >= 15 is 0 Å². The van der Waals surface area contributed by atoms with E-state index in [0.29, 0.717) is 6.04 Å². The fraction of sp³-hybridized carbons (Fsp3) is 1.00.